The van der Waals surface area contributed by atoms with Crippen LogP contribution in [0.5, 0.6) is 0 Å². The first-order valence-electron chi connectivity index (χ1n) is 5.84. The first kappa shape index (κ1) is 13.1. The van der Waals surface area contributed by atoms with E-state index in [1.807, 2.05) is 25.1 Å². The maximum atomic E-state index is 9.82. The minimum absolute atomic E-state index is 0.454. The average molecular weight is 266 g/mol. The molecule has 2 rings (SSSR count). The van der Waals surface area contributed by atoms with Crippen LogP contribution in [0.2, 0.25) is 5.02 Å². The van der Waals surface area contributed by atoms with E-state index in [0.29, 0.717) is 18.8 Å². The summed E-state index contributed by atoms with van der Waals surface area (Å²) >= 11 is 5.90. The summed E-state index contributed by atoms with van der Waals surface area (Å²) in [6.45, 7) is 3.17. The summed E-state index contributed by atoms with van der Waals surface area (Å²) in [5, 5.41) is 13.8. The van der Waals surface area contributed by atoms with Crippen LogP contribution in [0.1, 0.15) is 23.0 Å². The van der Waals surface area contributed by atoms with Crippen molar-refractivity contribution < 1.29 is 9.52 Å². The fourth-order valence-corrected chi connectivity index (χ4v) is 2.01. The average Bonchev–Trinajstić information content (AvgIpc) is 2.85. The van der Waals surface area contributed by atoms with Crippen molar-refractivity contribution in [2.45, 2.75) is 19.6 Å². The highest BCUT2D eigenvalue weighted by atomic mass is 35.5. The lowest BCUT2D eigenvalue weighted by Gasteiger charge is -2.11. The van der Waals surface area contributed by atoms with Crippen LogP contribution >= 0.6 is 11.6 Å². The van der Waals surface area contributed by atoms with E-state index >= 15 is 0 Å². The highest BCUT2D eigenvalue weighted by Crippen LogP contribution is 2.16. The minimum atomic E-state index is -0.618. The molecule has 4 heteroatoms. The van der Waals surface area contributed by atoms with Crippen molar-refractivity contribution in [3.8, 4) is 0 Å². The second-order valence-electron chi connectivity index (χ2n) is 4.23. The molecule has 3 nitrogen and oxygen atoms in total. The molecule has 0 fully saturated rings. The van der Waals surface area contributed by atoms with Crippen LogP contribution in [0.25, 0.3) is 0 Å². The molecule has 0 radical (unpaired) electrons. The number of furan rings is 1. The van der Waals surface area contributed by atoms with Gasteiger partial charge in [-0.05, 0) is 42.3 Å². The molecule has 0 aliphatic rings. The van der Waals surface area contributed by atoms with Crippen LogP contribution < -0.4 is 5.32 Å². The predicted octanol–water partition coefficient (Wildman–Crippen LogP) is 3.06. The van der Waals surface area contributed by atoms with Gasteiger partial charge in [-0.25, -0.2) is 0 Å². The SMILES string of the molecule is Cc1cc(Cl)ccc1CNCC(O)c1ccco1. The molecule has 0 amide bonds. The molecule has 96 valence electrons. The zero-order valence-corrected chi connectivity index (χ0v) is 10.9. The van der Waals surface area contributed by atoms with Crippen LogP contribution in [-0.4, -0.2) is 11.7 Å². The monoisotopic (exact) mass is 265 g/mol. The molecular formula is C14H16ClNO2. The number of nitrogens with one attached hydrogen (secondary N) is 1. The fraction of sp³-hybridized carbons (Fsp3) is 0.286. The third-order valence-electron chi connectivity index (χ3n) is 2.83. The predicted molar refractivity (Wildman–Crippen MR) is 71.6 cm³/mol. The van der Waals surface area contributed by atoms with Gasteiger partial charge in [0.15, 0.2) is 0 Å². The van der Waals surface area contributed by atoms with Crippen molar-refractivity contribution in [3.05, 3.63) is 58.5 Å². The Hall–Kier alpha value is -1.29. The lowest BCUT2D eigenvalue weighted by molar-refractivity contribution is 0.147. The van der Waals surface area contributed by atoms with E-state index in [9.17, 15) is 5.11 Å². The zero-order valence-electron chi connectivity index (χ0n) is 10.2. The molecule has 1 unspecified atom stereocenters. The molecule has 0 spiro atoms. The number of benzene rings is 1. The molecule has 2 N–H and O–H groups in total. The fourth-order valence-electron chi connectivity index (χ4n) is 1.78. The van der Waals surface area contributed by atoms with E-state index in [2.05, 4.69) is 5.32 Å². The smallest absolute Gasteiger partial charge is 0.133 e. The Labute approximate surface area is 111 Å². The molecule has 0 bridgehead atoms. The number of halogens is 1. The third-order valence-corrected chi connectivity index (χ3v) is 3.06. The topological polar surface area (TPSA) is 45.4 Å². The largest absolute Gasteiger partial charge is 0.467 e. The molecule has 0 aliphatic heterocycles. The van der Waals surface area contributed by atoms with Gasteiger partial charge in [-0.3, -0.25) is 0 Å². The van der Waals surface area contributed by atoms with Gasteiger partial charge in [-0.2, -0.15) is 0 Å². The maximum Gasteiger partial charge on any atom is 0.133 e. The Morgan fingerprint density at radius 3 is 2.89 bits per heavy atom. The van der Waals surface area contributed by atoms with E-state index < -0.39 is 6.10 Å². The number of aliphatic hydroxyl groups is 1. The number of aryl methyl sites for hydroxylation is 1. The molecule has 0 aliphatic carbocycles. The zero-order chi connectivity index (χ0) is 13.0. The standard InChI is InChI=1S/C14H16ClNO2/c1-10-7-12(15)5-4-11(10)8-16-9-13(17)14-3-2-6-18-14/h2-7,13,16-17H,8-9H2,1H3. The lowest BCUT2D eigenvalue weighted by atomic mass is 10.1. The van der Waals surface area contributed by atoms with Gasteiger partial charge in [-0.1, -0.05) is 17.7 Å². The molecular weight excluding hydrogens is 250 g/mol. The summed E-state index contributed by atoms with van der Waals surface area (Å²) < 4.78 is 5.13. The van der Waals surface area contributed by atoms with Crippen LogP contribution in [0.4, 0.5) is 0 Å². The minimum Gasteiger partial charge on any atom is -0.467 e. The van der Waals surface area contributed by atoms with Crippen molar-refractivity contribution in [2.24, 2.45) is 0 Å². The highest BCUT2D eigenvalue weighted by molar-refractivity contribution is 6.30. The van der Waals surface area contributed by atoms with Gasteiger partial charge < -0.3 is 14.8 Å². The van der Waals surface area contributed by atoms with Gasteiger partial charge in [0.2, 0.25) is 0 Å². The number of hydrogen-bond donors (Lipinski definition) is 2. The third kappa shape index (κ3) is 3.35. The quantitative estimate of drug-likeness (QED) is 0.873. The number of rotatable bonds is 5. The van der Waals surface area contributed by atoms with Crippen LogP contribution in [0.3, 0.4) is 0 Å². The Kier molecular flexibility index (Phi) is 4.42. The molecule has 0 saturated carbocycles. The molecule has 2 aromatic rings. The molecule has 18 heavy (non-hydrogen) atoms. The van der Waals surface area contributed by atoms with Gasteiger partial charge in [0.05, 0.1) is 6.26 Å². The van der Waals surface area contributed by atoms with E-state index in [4.69, 9.17) is 16.0 Å². The Balaban J connectivity index is 1.85. The number of aliphatic hydroxyl groups excluding tert-OH is 1. The van der Waals surface area contributed by atoms with Crippen LogP contribution in [0.15, 0.2) is 41.0 Å². The molecule has 1 atom stereocenters. The second-order valence-corrected chi connectivity index (χ2v) is 4.67. The van der Waals surface area contributed by atoms with Gasteiger partial charge in [0, 0.05) is 18.1 Å². The molecule has 0 saturated heterocycles. The van der Waals surface area contributed by atoms with Crippen molar-refractivity contribution >= 4 is 11.6 Å². The van der Waals surface area contributed by atoms with E-state index in [1.165, 1.54) is 5.56 Å². The second kappa shape index (κ2) is 6.05. The van der Waals surface area contributed by atoms with Gasteiger partial charge in [-0.15, -0.1) is 0 Å². The van der Waals surface area contributed by atoms with Gasteiger partial charge in [0.1, 0.15) is 11.9 Å². The van der Waals surface area contributed by atoms with Crippen molar-refractivity contribution in [1.29, 1.82) is 0 Å². The van der Waals surface area contributed by atoms with Crippen molar-refractivity contribution in [3.63, 3.8) is 0 Å². The Morgan fingerprint density at radius 1 is 1.39 bits per heavy atom. The molecule has 1 heterocycles. The molecule has 1 aromatic heterocycles. The van der Waals surface area contributed by atoms with Crippen LogP contribution in [0, 0.1) is 6.92 Å². The first-order valence-corrected chi connectivity index (χ1v) is 6.22. The Bertz CT molecular complexity index is 497. The first-order chi connectivity index (χ1) is 8.66. The lowest BCUT2D eigenvalue weighted by Crippen LogP contribution is -2.21. The Morgan fingerprint density at radius 2 is 2.22 bits per heavy atom. The van der Waals surface area contributed by atoms with Gasteiger partial charge in [0.25, 0.3) is 0 Å². The summed E-state index contributed by atoms with van der Waals surface area (Å²) in [5.74, 6) is 0.579. The summed E-state index contributed by atoms with van der Waals surface area (Å²) in [5.41, 5.74) is 2.31. The van der Waals surface area contributed by atoms with E-state index in [0.717, 1.165) is 10.6 Å². The van der Waals surface area contributed by atoms with Gasteiger partial charge >= 0.3 is 0 Å². The molecule has 1 aromatic carbocycles. The summed E-state index contributed by atoms with van der Waals surface area (Å²) in [7, 11) is 0. The van der Waals surface area contributed by atoms with E-state index in [-0.39, 0.29) is 0 Å². The maximum absolute atomic E-state index is 9.82. The summed E-state index contributed by atoms with van der Waals surface area (Å²) in [4.78, 5) is 0. The normalized spacial score (nSPS) is 12.6. The number of hydrogen-bond acceptors (Lipinski definition) is 3. The van der Waals surface area contributed by atoms with Crippen LogP contribution in [-0.2, 0) is 6.54 Å². The van der Waals surface area contributed by atoms with Crippen molar-refractivity contribution in [1.82, 2.24) is 5.32 Å². The summed E-state index contributed by atoms with van der Waals surface area (Å²) in [6.07, 6.45) is 0.939. The summed E-state index contributed by atoms with van der Waals surface area (Å²) in [6, 6.07) is 9.32. The van der Waals surface area contributed by atoms with E-state index in [1.54, 1.807) is 18.4 Å². The highest BCUT2D eigenvalue weighted by Gasteiger charge is 2.09. The van der Waals surface area contributed by atoms with Crippen molar-refractivity contribution in [2.75, 3.05) is 6.54 Å².